The number of aromatic nitrogens is 3. The molecule has 9 heteroatoms. The van der Waals surface area contributed by atoms with Crippen molar-refractivity contribution in [1.29, 1.82) is 0 Å². The maximum absolute atomic E-state index is 13.7. The van der Waals surface area contributed by atoms with Crippen LogP contribution in [-0.4, -0.2) is 21.6 Å². The number of allylic oxidation sites excluding steroid dienone is 1. The third-order valence-corrected chi connectivity index (χ3v) is 4.27. The Labute approximate surface area is 156 Å². The van der Waals surface area contributed by atoms with Crippen LogP contribution in [0.3, 0.4) is 0 Å². The quantitative estimate of drug-likeness (QED) is 0.529. The van der Waals surface area contributed by atoms with Crippen molar-refractivity contribution in [2.75, 3.05) is 7.11 Å². The Morgan fingerprint density at radius 1 is 1.33 bits per heavy atom. The lowest BCUT2D eigenvalue weighted by molar-refractivity contribution is -0.136. The second-order valence-corrected chi connectivity index (χ2v) is 6.03. The minimum atomic E-state index is -4.75. The molecule has 0 saturated carbocycles. The average Bonchev–Trinajstić information content (AvgIpc) is 2.63. The first-order valence-electron chi connectivity index (χ1n) is 7.76. The van der Waals surface area contributed by atoms with Crippen LogP contribution in [0.4, 0.5) is 13.2 Å². The van der Waals surface area contributed by atoms with Crippen LogP contribution in [0, 0.1) is 4.77 Å². The fourth-order valence-corrected chi connectivity index (χ4v) is 2.96. The average molecular weight is 393 g/mol. The van der Waals surface area contributed by atoms with Crippen LogP contribution in [0.15, 0.2) is 47.8 Å². The number of fused-ring (bicyclic) bond motifs is 1. The van der Waals surface area contributed by atoms with Crippen molar-refractivity contribution in [3.05, 3.63) is 63.7 Å². The molecule has 5 nitrogen and oxygen atoms in total. The Bertz CT molecular complexity index is 1130. The predicted molar refractivity (Wildman–Crippen MR) is 98.4 cm³/mol. The van der Waals surface area contributed by atoms with Gasteiger partial charge in [0.25, 0.3) is 5.56 Å². The third kappa shape index (κ3) is 3.50. The second kappa shape index (κ2) is 6.99. The highest BCUT2D eigenvalue weighted by Crippen LogP contribution is 2.35. The van der Waals surface area contributed by atoms with Gasteiger partial charge in [-0.2, -0.15) is 13.2 Å². The standard InChI is InChI=1S/C18H14F3N3O2S/c1-3-8-24-15-14(16(25)23-17(24)27)12(18(19,20)21)9-13(22-15)10-4-6-11(26-2)7-5-10/h3-7,9H,1,8H2,2H3,(H,23,25,27). The fourth-order valence-electron chi connectivity index (χ4n) is 2.71. The summed E-state index contributed by atoms with van der Waals surface area (Å²) >= 11 is 5.08. The highest BCUT2D eigenvalue weighted by molar-refractivity contribution is 7.71. The van der Waals surface area contributed by atoms with Gasteiger partial charge in [-0.3, -0.25) is 14.3 Å². The van der Waals surface area contributed by atoms with E-state index < -0.39 is 22.7 Å². The van der Waals surface area contributed by atoms with E-state index in [1.807, 2.05) is 0 Å². The fraction of sp³-hybridized carbons (Fsp3) is 0.167. The number of nitrogens with one attached hydrogen (secondary N) is 1. The molecule has 0 spiro atoms. The summed E-state index contributed by atoms with van der Waals surface area (Å²) in [6.45, 7) is 3.67. The molecule has 0 fully saturated rings. The summed E-state index contributed by atoms with van der Waals surface area (Å²) in [7, 11) is 1.49. The normalized spacial score (nSPS) is 11.6. The van der Waals surface area contributed by atoms with Crippen molar-refractivity contribution >= 4 is 23.3 Å². The minimum absolute atomic E-state index is 0.0279. The number of nitrogens with zero attached hydrogens (tertiary/aromatic N) is 2. The summed E-state index contributed by atoms with van der Waals surface area (Å²) in [5, 5.41) is -0.560. The van der Waals surface area contributed by atoms with Crippen LogP contribution >= 0.6 is 12.2 Å². The molecule has 2 aromatic heterocycles. The van der Waals surface area contributed by atoms with Crippen LogP contribution in [0.25, 0.3) is 22.3 Å². The van der Waals surface area contributed by atoms with Crippen molar-refractivity contribution in [3.8, 4) is 17.0 Å². The van der Waals surface area contributed by atoms with Crippen molar-refractivity contribution in [1.82, 2.24) is 14.5 Å². The molecule has 1 N–H and O–H groups in total. The molecular formula is C18H14F3N3O2S. The molecule has 0 bridgehead atoms. The summed E-state index contributed by atoms with van der Waals surface area (Å²) in [6.07, 6.45) is -3.28. The van der Waals surface area contributed by atoms with Crippen LogP contribution in [0.1, 0.15) is 5.56 Å². The van der Waals surface area contributed by atoms with E-state index in [0.29, 0.717) is 11.3 Å². The van der Waals surface area contributed by atoms with E-state index in [4.69, 9.17) is 17.0 Å². The number of hydrogen-bond acceptors (Lipinski definition) is 4. The summed E-state index contributed by atoms with van der Waals surface area (Å²) < 4.78 is 47.4. The zero-order valence-corrected chi connectivity index (χ0v) is 14.9. The first-order valence-corrected chi connectivity index (χ1v) is 8.17. The number of aromatic amines is 1. The van der Waals surface area contributed by atoms with Crippen molar-refractivity contribution < 1.29 is 17.9 Å². The van der Waals surface area contributed by atoms with Gasteiger partial charge in [-0.15, -0.1) is 6.58 Å². The SMILES string of the molecule is C=CCn1c(=S)[nH]c(=O)c2c(C(F)(F)F)cc(-c3ccc(OC)cc3)nc21. The number of H-pyrrole nitrogens is 1. The van der Waals surface area contributed by atoms with Crippen LogP contribution in [-0.2, 0) is 12.7 Å². The van der Waals surface area contributed by atoms with Gasteiger partial charge in [0.15, 0.2) is 4.77 Å². The van der Waals surface area contributed by atoms with Crippen molar-refractivity contribution in [2.24, 2.45) is 0 Å². The first kappa shape index (κ1) is 18.8. The number of alkyl halides is 3. The molecule has 0 saturated heterocycles. The summed E-state index contributed by atoms with van der Waals surface area (Å²) in [4.78, 5) is 18.8. The molecule has 0 amide bonds. The Morgan fingerprint density at radius 3 is 2.56 bits per heavy atom. The number of rotatable bonds is 4. The van der Waals surface area contributed by atoms with E-state index in [2.05, 4.69) is 16.5 Å². The van der Waals surface area contributed by atoms with Gasteiger partial charge in [0, 0.05) is 12.1 Å². The van der Waals surface area contributed by atoms with Gasteiger partial charge in [-0.25, -0.2) is 4.98 Å². The van der Waals surface area contributed by atoms with Crippen LogP contribution in [0.2, 0.25) is 0 Å². The lowest BCUT2D eigenvalue weighted by Crippen LogP contribution is -2.20. The molecule has 0 aliphatic carbocycles. The molecule has 0 aliphatic heterocycles. The predicted octanol–water partition coefficient (Wildman–Crippen LogP) is 4.33. The Kier molecular flexibility index (Phi) is 4.88. The van der Waals surface area contributed by atoms with Gasteiger partial charge < -0.3 is 4.74 Å². The van der Waals surface area contributed by atoms with Gasteiger partial charge in [-0.05, 0) is 42.5 Å². The van der Waals surface area contributed by atoms with E-state index in [1.165, 1.54) is 17.8 Å². The monoisotopic (exact) mass is 393 g/mol. The van der Waals surface area contributed by atoms with Crippen LogP contribution in [0.5, 0.6) is 5.75 Å². The summed E-state index contributed by atoms with van der Waals surface area (Å²) in [5.41, 5.74) is -1.65. The van der Waals surface area contributed by atoms with E-state index in [1.54, 1.807) is 24.3 Å². The molecule has 27 heavy (non-hydrogen) atoms. The molecule has 0 aliphatic rings. The van der Waals surface area contributed by atoms with Gasteiger partial charge in [-0.1, -0.05) is 6.08 Å². The summed E-state index contributed by atoms with van der Waals surface area (Å²) in [5.74, 6) is 0.557. The topological polar surface area (TPSA) is 59.9 Å². The molecule has 0 unspecified atom stereocenters. The Morgan fingerprint density at radius 2 is 2.00 bits per heavy atom. The molecule has 0 atom stereocenters. The number of benzene rings is 1. The van der Waals surface area contributed by atoms with E-state index in [0.717, 1.165) is 6.07 Å². The number of hydrogen-bond donors (Lipinski definition) is 1. The number of methoxy groups -OCH3 is 1. The van der Waals surface area contributed by atoms with Crippen molar-refractivity contribution in [2.45, 2.75) is 12.7 Å². The number of halogens is 3. The first-order chi connectivity index (χ1) is 12.8. The minimum Gasteiger partial charge on any atom is -0.497 e. The molecular weight excluding hydrogens is 379 g/mol. The molecule has 1 aromatic carbocycles. The highest BCUT2D eigenvalue weighted by Gasteiger charge is 2.35. The zero-order valence-electron chi connectivity index (χ0n) is 14.1. The van der Waals surface area contributed by atoms with Gasteiger partial charge >= 0.3 is 6.18 Å². The maximum atomic E-state index is 13.7. The van der Waals surface area contributed by atoms with Gasteiger partial charge in [0.05, 0.1) is 23.8 Å². The third-order valence-electron chi connectivity index (χ3n) is 3.95. The Balaban J connectivity index is 2.43. The summed E-state index contributed by atoms with van der Waals surface area (Å²) in [6, 6.07) is 7.27. The van der Waals surface area contributed by atoms with Crippen molar-refractivity contribution in [3.63, 3.8) is 0 Å². The number of ether oxygens (including phenoxy) is 1. The Hall–Kier alpha value is -2.94. The van der Waals surface area contributed by atoms with E-state index >= 15 is 0 Å². The molecule has 3 aromatic rings. The van der Waals surface area contributed by atoms with E-state index in [-0.39, 0.29) is 22.7 Å². The molecule has 140 valence electrons. The largest absolute Gasteiger partial charge is 0.497 e. The highest BCUT2D eigenvalue weighted by atomic mass is 32.1. The van der Waals surface area contributed by atoms with Crippen LogP contribution < -0.4 is 10.3 Å². The smallest absolute Gasteiger partial charge is 0.417 e. The molecule has 2 heterocycles. The molecule has 3 rings (SSSR count). The second-order valence-electron chi connectivity index (χ2n) is 5.64. The van der Waals surface area contributed by atoms with Gasteiger partial charge in [0.1, 0.15) is 11.4 Å². The van der Waals surface area contributed by atoms with Gasteiger partial charge in [0.2, 0.25) is 0 Å². The lowest BCUT2D eigenvalue weighted by Gasteiger charge is -2.15. The lowest BCUT2D eigenvalue weighted by atomic mass is 10.1. The van der Waals surface area contributed by atoms with E-state index in [9.17, 15) is 18.0 Å². The molecule has 0 radical (unpaired) electrons. The maximum Gasteiger partial charge on any atom is 0.417 e. The zero-order chi connectivity index (χ0) is 19.8. The number of pyridine rings is 1.